The first-order valence-electron chi connectivity index (χ1n) is 7.12. The van der Waals surface area contributed by atoms with Crippen LogP contribution in [0, 0.1) is 6.92 Å². The summed E-state index contributed by atoms with van der Waals surface area (Å²) in [5.74, 6) is -0.501. The molecule has 0 radical (unpaired) electrons. The minimum Gasteiger partial charge on any atom is -0.351 e. The van der Waals surface area contributed by atoms with Gasteiger partial charge in [-0.25, -0.2) is 8.42 Å². The minimum absolute atomic E-state index is 0.0246. The molecule has 7 heteroatoms. The topological polar surface area (TPSA) is 83.6 Å². The molecule has 1 unspecified atom stereocenters. The molecule has 0 spiro atoms. The van der Waals surface area contributed by atoms with E-state index in [1.54, 1.807) is 12.1 Å². The van der Waals surface area contributed by atoms with Crippen molar-refractivity contribution in [3.8, 4) is 0 Å². The van der Waals surface area contributed by atoms with Crippen molar-refractivity contribution in [2.75, 3.05) is 23.0 Å². The number of carbonyl (C=O) groups excluding carboxylic acids is 2. The van der Waals surface area contributed by atoms with Gasteiger partial charge in [0.15, 0.2) is 9.84 Å². The van der Waals surface area contributed by atoms with E-state index in [1.165, 1.54) is 11.8 Å². The average molecular weight is 324 g/mol. The van der Waals surface area contributed by atoms with Crippen LogP contribution >= 0.6 is 0 Å². The van der Waals surface area contributed by atoms with Crippen molar-refractivity contribution in [3.63, 3.8) is 0 Å². The van der Waals surface area contributed by atoms with Gasteiger partial charge in [0, 0.05) is 18.7 Å². The van der Waals surface area contributed by atoms with Crippen LogP contribution < -0.4 is 10.2 Å². The zero-order valence-corrected chi connectivity index (χ0v) is 13.5. The van der Waals surface area contributed by atoms with Crippen molar-refractivity contribution in [2.45, 2.75) is 26.3 Å². The third-order valence-corrected chi connectivity index (χ3v) is 5.45. The lowest BCUT2D eigenvalue weighted by Gasteiger charge is -2.23. The van der Waals surface area contributed by atoms with Crippen LogP contribution in [0.5, 0.6) is 0 Å². The summed E-state index contributed by atoms with van der Waals surface area (Å²) in [6, 6.07) is 6.96. The first-order valence-corrected chi connectivity index (χ1v) is 8.94. The fourth-order valence-corrected chi connectivity index (χ4v) is 4.23. The van der Waals surface area contributed by atoms with Gasteiger partial charge in [-0.2, -0.15) is 0 Å². The lowest BCUT2D eigenvalue weighted by molar-refractivity contribution is -0.123. The SMILES string of the molecule is CC(=O)N(CC(=O)NC1CCS(=O)(=O)C1)c1ccccc1C. The molecule has 1 aromatic carbocycles. The van der Waals surface area contributed by atoms with Crippen LogP contribution in [0.15, 0.2) is 24.3 Å². The molecule has 1 N–H and O–H groups in total. The minimum atomic E-state index is -3.04. The molecule has 0 aromatic heterocycles. The van der Waals surface area contributed by atoms with Gasteiger partial charge in [-0.15, -0.1) is 0 Å². The Kier molecular flexibility index (Phi) is 4.85. The fraction of sp³-hybridized carbons (Fsp3) is 0.467. The summed E-state index contributed by atoms with van der Waals surface area (Å²) in [5, 5.41) is 2.70. The highest BCUT2D eigenvalue weighted by Gasteiger charge is 2.29. The molecule has 2 amide bonds. The molecule has 0 saturated carbocycles. The number of benzene rings is 1. The zero-order valence-electron chi connectivity index (χ0n) is 12.7. The van der Waals surface area contributed by atoms with Crippen LogP contribution in [0.1, 0.15) is 18.9 Å². The number of sulfone groups is 1. The lowest BCUT2D eigenvalue weighted by atomic mass is 10.1. The fourth-order valence-electron chi connectivity index (χ4n) is 2.56. The second-order valence-electron chi connectivity index (χ2n) is 5.56. The van der Waals surface area contributed by atoms with Crippen LogP contribution in [0.3, 0.4) is 0 Å². The van der Waals surface area contributed by atoms with Crippen molar-refractivity contribution >= 4 is 27.3 Å². The number of nitrogens with zero attached hydrogens (tertiary/aromatic N) is 1. The standard InChI is InChI=1S/C15H20N2O4S/c1-11-5-3-4-6-14(11)17(12(2)18)9-15(19)16-13-7-8-22(20,21)10-13/h3-6,13H,7-10H2,1-2H3,(H,16,19). The number of para-hydroxylation sites is 1. The third-order valence-electron chi connectivity index (χ3n) is 3.69. The van der Waals surface area contributed by atoms with E-state index in [-0.39, 0.29) is 35.9 Å². The highest BCUT2D eigenvalue weighted by atomic mass is 32.2. The predicted octanol–water partition coefficient (Wildman–Crippen LogP) is 0.651. The molecule has 0 bridgehead atoms. The Morgan fingerprint density at radius 1 is 1.32 bits per heavy atom. The van der Waals surface area contributed by atoms with Crippen LogP contribution in [-0.2, 0) is 19.4 Å². The predicted molar refractivity (Wildman–Crippen MR) is 84.4 cm³/mol. The molecule has 0 aliphatic carbocycles. The lowest BCUT2D eigenvalue weighted by Crippen LogP contribution is -2.44. The first kappa shape index (κ1) is 16.5. The van der Waals surface area contributed by atoms with E-state index in [9.17, 15) is 18.0 Å². The molecule has 1 heterocycles. The Balaban J connectivity index is 2.04. The monoisotopic (exact) mass is 324 g/mol. The van der Waals surface area contributed by atoms with Gasteiger partial charge in [-0.1, -0.05) is 18.2 Å². The van der Waals surface area contributed by atoms with E-state index in [1.807, 2.05) is 19.1 Å². The smallest absolute Gasteiger partial charge is 0.240 e. The molecule has 120 valence electrons. The van der Waals surface area contributed by atoms with Gasteiger partial charge in [0.25, 0.3) is 0 Å². The van der Waals surface area contributed by atoms with Gasteiger partial charge in [0.05, 0.1) is 11.5 Å². The number of carbonyl (C=O) groups is 2. The number of hydrogen-bond acceptors (Lipinski definition) is 4. The van der Waals surface area contributed by atoms with Gasteiger partial charge < -0.3 is 10.2 Å². The molecule has 6 nitrogen and oxygen atoms in total. The zero-order chi connectivity index (χ0) is 16.3. The summed E-state index contributed by atoms with van der Waals surface area (Å²) >= 11 is 0. The highest BCUT2D eigenvalue weighted by Crippen LogP contribution is 2.19. The summed E-state index contributed by atoms with van der Waals surface area (Å²) in [6.07, 6.45) is 0.429. The molecule has 1 fully saturated rings. The number of aryl methyl sites for hydroxylation is 1. The number of rotatable bonds is 4. The Hall–Kier alpha value is -1.89. The molecule has 1 aliphatic rings. The summed E-state index contributed by atoms with van der Waals surface area (Å²) < 4.78 is 22.8. The molecular formula is C15H20N2O4S. The van der Waals surface area contributed by atoms with E-state index < -0.39 is 9.84 Å². The Labute approximate surface area is 130 Å². The molecule has 1 saturated heterocycles. The molecule has 1 aromatic rings. The van der Waals surface area contributed by atoms with Crippen LogP contribution in [0.25, 0.3) is 0 Å². The van der Waals surface area contributed by atoms with Gasteiger partial charge in [-0.05, 0) is 25.0 Å². The number of anilines is 1. The van der Waals surface area contributed by atoms with E-state index in [0.717, 1.165) is 5.56 Å². The van der Waals surface area contributed by atoms with Crippen molar-refractivity contribution in [2.24, 2.45) is 0 Å². The maximum absolute atomic E-state index is 12.1. The Morgan fingerprint density at radius 2 is 2.00 bits per heavy atom. The average Bonchev–Trinajstić information content (AvgIpc) is 2.76. The highest BCUT2D eigenvalue weighted by molar-refractivity contribution is 7.91. The van der Waals surface area contributed by atoms with E-state index in [4.69, 9.17) is 0 Å². The molecular weight excluding hydrogens is 304 g/mol. The number of amides is 2. The van der Waals surface area contributed by atoms with Crippen molar-refractivity contribution in [1.82, 2.24) is 5.32 Å². The van der Waals surface area contributed by atoms with E-state index in [2.05, 4.69) is 5.32 Å². The summed E-state index contributed by atoms with van der Waals surface area (Å²) in [5.41, 5.74) is 1.58. The van der Waals surface area contributed by atoms with Crippen LogP contribution in [-0.4, -0.2) is 44.3 Å². The Bertz CT molecular complexity index is 685. The molecule has 2 rings (SSSR count). The number of hydrogen-bond donors (Lipinski definition) is 1. The molecule has 22 heavy (non-hydrogen) atoms. The van der Waals surface area contributed by atoms with Gasteiger partial charge in [0.2, 0.25) is 11.8 Å². The quantitative estimate of drug-likeness (QED) is 0.881. The van der Waals surface area contributed by atoms with Crippen molar-refractivity contribution in [1.29, 1.82) is 0 Å². The van der Waals surface area contributed by atoms with Crippen LogP contribution in [0.2, 0.25) is 0 Å². The van der Waals surface area contributed by atoms with Gasteiger partial charge >= 0.3 is 0 Å². The van der Waals surface area contributed by atoms with Crippen LogP contribution in [0.4, 0.5) is 5.69 Å². The third kappa shape index (κ3) is 4.07. The van der Waals surface area contributed by atoms with Crippen molar-refractivity contribution in [3.05, 3.63) is 29.8 Å². The van der Waals surface area contributed by atoms with Crippen molar-refractivity contribution < 1.29 is 18.0 Å². The normalized spacial score (nSPS) is 19.6. The molecule has 1 atom stereocenters. The second-order valence-corrected chi connectivity index (χ2v) is 7.79. The maximum atomic E-state index is 12.1. The van der Waals surface area contributed by atoms with E-state index in [0.29, 0.717) is 12.1 Å². The summed E-state index contributed by atoms with van der Waals surface area (Å²) in [6.45, 7) is 3.16. The summed E-state index contributed by atoms with van der Waals surface area (Å²) in [7, 11) is -3.04. The van der Waals surface area contributed by atoms with E-state index >= 15 is 0 Å². The Morgan fingerprint density at radius 3 is 2.55 bits per heavy atom. The second kappa shape index (κ2) is 6.48. The van der Waals surface area contributed by atoms with Gasteiger partial charge in [0.1, 0.15) is 6.54 Å². The van der Waals surface area contributed by atoms with Gasteiger partial charge in [-0.3, -0.25) is 9.59 Å². The largest absolute Gasteiger partial charge is 0.351 e. The first-order chi connectivity index (χ1) is 10.3. The summed E-state index contributed by atoms with van der Waals surface area (Å²) in [4.78, 5) is 25.3. The molecule has 1 aliphatic heterocycles. The maximum Gasteiger partial charge on any atom is 0.240 e. The number of nitrogens with one attached hydrogen (secondary N) is 1.